The van der Waals surface area contributed by atoms with E-state index in [1.54, 1.807) is 6.20 Å². The Morgan fingerprint density at radius 2 is 1.84 bits per heavy atom. The maximum Gasteiger partial charge on any atom is 0.490 e. The summed E-state index contributed by atoms with van der Waals surface area (Å²) in [6, 6.07) is 11.9. The van der Waals surface area contributed by atoms with E-state index < -0.39 is 12.1 Å². The number of nitrogens with two attached hydrogens (primary N) is 1. The maximum absolute atomic E-state index is 10.6. The molecule has 31 heavy (non-hydrogen) atoms. The zero-order valence-corrected chi connectivity index (χ0v) is 16.6. The Morgan fingerprint density at radius 3 is 2.48 bits per heavy atom. The number of nitrogens with zero attached hydrogens (tertiary/aromatic N) is 4. The van der Waals surface area contributed by atoms with Gasteiger partial charge in [-0.15, -0.1) is 0 Å². The quantitative estimate of drug-likeness (QED) is 0.462. The standard InChI is InChI=1S/C18H22N6.C2HF3O2/c19-10-5-2-6-11-20-18-21-12-9-17(23-18)15-13-22-24(14-15)16-7-3-1-4-8-16;3-2(4,5)1(6)7/h1,3-4,7-9,12-14H,2,5-6,10-11,19H2,(H,20,21,23);(H,6,7). The minimum atomic E-state index is -5.08. The Bertz CT molecular complexity index is 947. The van der Waals surface area contributed by atoms with Gasteiger partial charge in [-0.1, -0.05) is 24.6 Å². The SMILES string of the molecule is NCCCCCNc1nccc(-c2cnn(-c3ccccc3)c2)n1.O=C(O)C(F)(F)F. The average Bonchev–Trinajstić information content (AvgIpc) is 3.25. The van der Waals surface area contributed by atoms with Gasteiger partial charge in [0.05, 0.1) is 17.6 Å². The number of halogens is 3. The van der Waals surface area contributed by atoms with Crippen LogP contribution in [0.3, 0.4) is 0 Å². The summed E-state index contributed by atoms with van der Waals surface area (Å²) in [4.78, 5) is 17.7. The number of para-hydroxylation sites is 1. The molecule has 0 saturated heterocycles. The smallest absolute Gasteiger partial charge is 0.475 e. The fourth-order valence-corrected chi connectivity index (χ4v) is 2.43. The van der Waals surface area contributed by atoms with Gasteiger partial charge in [0.2, 0.25) is 5.95 Å². The molecule has 0 fully saturated rings. The van der Waals surface area contributed by atoms with Crippen LogP contribution in [0.4, 0.5) is 19.1 Å². The first-order valence-corrected chi connectivity index (χ1v) is 9.49. The van der Waals surface area contributed by atoms with E-state index in [-0.39, 0.29) is 0 Å². The first kappa shape index (κ1) is 23.8. The normalized spacial score (nSPS) is 10.8. The molecule has 0 amide bonds. The second kappa shape index (κ2) is 11.6. The summed E-state index contributed by atoms with van der Waals surface area (Å²) < 4.78 is 33.6. The molecular formula is C20H23F3N6O2. The van der Waals surface area contributed by atoms with E-state index in [0.717, 1.165) is 49.3 Å². The number of rotatable bonds is 8. The van der Waals surface area contributed by atoms with Crippen molar-refractivity contribution in [2.45, 2.75) is 25.4 Å². The molecule has 0 atom stereocenters. The van der Waals surface area contributed by atoms with Crippen LogP contribution >= 0.6 is 0 Å². The van der Waals surface area contributed by atoms with Crippen LogP contribution in [0, 0.1) is 0 Å². The maximum atomic E-state index is 10.6. The topological polar surface area (TPSA) is 119 Å². The molecule has 11 heteroatoms. The Hall–Kier alpha value is -3.47. The van der Waals surface area contributed by atoms with E-state index in [4.69, 9.17) is 15.6 Å². The molecule has 0 saturated carbocycles. The van der Waals surface area contributed by atoms with Crippen molar-refractivity contribution in [2.75, 3.05) is 18.4 Å². The molecule has 8 nitrogen and oxygen atoms in total. The lowest BCUT2D eigenvalue weighted by Crippen LogP contribution is -2.21. The predicted molar refractivity (Wildman–Crippen MR) is 110 cm³/mol. The molecule has 0 aliphatic heterocycles. The number of carboxylic acid groups (broad SMARTS) is 1. The van der Waals surface area contributed by atoms with E-state index in [9.17, 15) is 13.2 Å². The first-order chi connectivity index (χ1) is 14.8. The molecule has 2 aromatic heterocycles. The van der Waals surface area contributed by atoms with Gasteiger partial charge in [0.1, 0.15) is 0 Å². The highest BCUT2D eigenvalue weighted by Gasteiger charge is 2.38. The van der Waals surface area contributed by atoms with E-state index in [2.05, 4.69) is 20.4 Å². The van der Waals surface area contributed by atoms with Gasteiger partial charge in [0.15, 0.2) is 0 Å². The van der Waals surface area contributed by atoms with Crippen LogP contribution < -0.4 is 11.1 Å². The molecule has 2 heterocycles. The Balaban J connectivity index is 0.000000423. The van der Waals surface area contributed by atoms with E-state index in [1.165, 1.54) is 0 Å². The van der Waals surface area contributed by atoms with E-state index >= 15 is 0 Å². The molecule has 0 bridgehead atoms. The van der Waals surface area contributed by atoms with Gasteiger partial charge in [-0.3, -0.25) is 0 Å². The largest absolute Gasteiger partial charge is 0.490 e. The highest BCUT2D eigenvalue weighted by Crippen LogP contribution is 2.18. The number of benzene rings is 1. The summed E-state index contributed by atoms with van der Waals surface area (Å²) in [5, 5.41) is 14.8. The summed E-state index contributed by atoms with van der Waals surface area (Å²) in [6.45, 7) is 1.60. The number of carbonyl (C=O) groups is 1. The highest BCUT2D eigenvalue weighted by atomic mass is 19.4. The van der Waals surface area contributed by atoms with Crippen LogP contribution in [0.25, 0.3) is 16.9 Å². The molecule has 0 aliphatic rings. The van der Waals surface area contributed by atoms with Crippen LogP contribution in [-0.2, 0) is 4.79 Å². The second-order valence-electron chi connectivity index (χ2n) is 6.35. The molecule has 3 aromatic rings. The number of unbranched alkanes of at least 4 members (excludes halogenated alkanes) is 2. The fraction of sp³-hybridized carbons (Fsp3) is 0.300. The summed E-state index contributed by atoms with van der Waals surface area (Å²) in [7, 11) is 0. The number of nitrogens with one attached hydrogen (secondary N) is 1. The van der Waals surface area contributed by atoms with Crippen LogP contribution in [0.1, 0.15) is 19.3 Å². The molecule has 4 N–H and O–H groups in total. The van der Waals surface area contributed by atoms with E-state index in [0.29, 0.717) is 5.95 Å². The minimum Gasteiger partial charge on any atom is -0.475 e. The summed E-state index contributed by atoms with van der Waals surface area (Å²) in [5.74, 6) is -2.11. The van der Waals surface area contributed by atoms with Gasteiger partial charge in [-0.2, -0.15) is 18.3 Å². The molecule has 0 spiro atoms. The Morgan fingerprint density at radius 1 is 1.13 bits per heavy atom. The number of aliphatic carboxylic acids is 1. The van der Waals surface area contributed by atoms with Crippen molar-refractivity contribution < 1.29 is 23.1 Å². The highest BCUT2D eigenvalue weighted by molar-refractivity contribution is 5.73. The summed E-state index contributed by atoms with van der Waals surface area (Å²) in [6.07, 6.45) is 3.72. The number of hydrogen-bond donors (Lipinski definition) is 3. The van der Waals surface area contributed by atoms with Crippen molar-refractivity contribution in [3.8, 4) is 16.9 Å². The average molecular weight is 436 g/mol. The van der Waals surface area contributed by atoms with Gasteiger partial charge >= 0.3 is 12.1 Å². The molecule has 3 rings (SSSR count). The van der Waals surface area contributed by atoms with Crippen molar-refractivity contribution in [1.82, 2.24) is 19.7 Å². The van der Waals surface area contributed by atoms with Crippen molar-refractivity contribution in [3.63, 3.8) is 0 Å². The van der Waals surface area contributed by atoms with E-state index in [1.807, 2.05) is 53.5 Å². The number of hydrogen-bond acceptors (Lipinski definition) is 6. The third-order valence-corrected chi connectivity index (χ3v) is 3.96. The van der Waals surface area contributed by atoms with Crippen LogP contribution in [0.2, 0.25) is 0 Å². The minimum absolute atomic E-state index is 0.646. The molecule has 166 valence electrons. The van der Waals surface area contributed by atoms with Gasteiger partial charge in [0, 0.05) is 24.5 Å². The van der Waals surface area contributed by atoms with Crippen LogP contribution in [-0.4, -0.2) is 50.1 Å². The Kier molecular flexibility index (Phi) is 8.94. The molecular weight excluding hydrogens is 413 g/mol. The summed E-state index contributed by atoms with van der Waals surface area (Å²) in [5.41, 5.74) is 8.34. The third-order valence-electron chi connectivity index (χ3n) is 3.96. The number of carboxylic acids is 1. The van der Waals surface area contributed by atoms with Crippen molar-refractivity contribution >= 4 is 11.9 Å². The zero-order valence-electron chi connectivity index (χ0n) is 16.6. The molecule has 0 unspecified atom stereocenters. The number of alkyl halides is 3. The third kappa shape index (κ3) is 8.05. The van der Waals surface area contributed by atoms with Gasteiger partial charge in [-0.05, 0) is 37.6 Å². The lowest BCUT2D eigenvalue weighted by atomic mass is 10.2. The zero-order chi connectivity index (χ0) is 22.7. The van der Waals surface area contributed by atoms with Crippen molar-refractivity contribution in [3.05, 3.63) is 55.0 Å². The number of aromatic nitrogens is 4. The second-order valence-corrected chi connectivity index (χ2v) is 6.35. The molecule has 0 aliphatic carbocycles. The molecule has 1 aromatic carbocycles. The van der Waals surface area contributed by atoms with Crippen LogP contribution in [0.15, 0.2) is 55.0 Å². The predicted octanol–water partition coefficient (Wildman–Crippen LogP) is 3.50. The lowest BCUT2D eigenvalue weighted by Gasteiger charge is -2.05. The van der Waals surface area contributed by atoms with Gasteiger partial charge in [0.25, 0.3) is 0 Å². The van der Waals surface area contributed by atoms with Crippen LogP contribution in [0.5, 0.6) is 0 Å². The first-order valence-electron chi connectivity index (χ1n) is 9.49. The Labute approximate surface area is 176 Å². The summed E-state index contributed by atoms with van der Waals surface area (Å²) >= 11 is 0. The fourth-order valence-electron chi connectivity index (χ4n) is 2.43. The lowest BCUT2D eigenvalue weighted by molar-refractivity contribution is -0.192. The van der Waals surface area contributed by atoms with Crippen molar-refractivity contribution in [2.24, 2.45) is 5.73 Å². The van der Waals surface area contributed by atoms with Crippen molar-refractivity contribution in [1.29, 1.82) is 0 Å². The number of anilines is 1. The van der Waals surface area contributed by atoms with Gasteiger partial charge in [-0.25, -0.2) is 19.4 Å². The van der Waals surface area contributed by atoms with Gasteiger partial charge < -0.3 is 16.2 Å². The molecule has 0 radical (unpaired) electrons. The monoisotopic (exact) mass is 436 g/mol.